The van der Waals surface area contributed by atoms with Gasteiger partial charge < -0.3 is 50.2 Å². The molecule has 58 heavy (non-hydrogen) atoms. The molecule has 1 fully saturated rings. The van der Waals surface area contributed by atoms with Gasteiger partial charge in [-0.3, -0.25) is 19.2 Å². The van der Waals surface area contributed by atoms with E-state index in [-0.39, 0.29) is 45.4 Å². The lowest BCUT2D eigenvalue weighted by molar-refractivity contribution is -0.269. The number of esters is 2. The quantitative estimate of drug-likeness (QED) is 0.0362. The van der Waals surface area contributed by atoms with Crippen molar-refractivity contribution in [2.75, 3.05) is 33.0 Å². The fourth-order valence-corrected chi connectivity index (χ4v) is 6.78. The molecule has 0 saturated carbocycles. The molecule has 1 unspecified atom stereocenters. The number of rotatable bonds is 36. The van der Waals surface area contributed by atoms with Crippen molar-refractivity contribution in [3.05, 3.63) is 0 Å². The highest BCUT2D eigenvalue weighted by atomic mass is 16.7. The van der Waals surface area contributed by atoms with Crippen LogP contribution in [0.4, 0.5) is 0 Å². The molecule has 15 nitrogen and oxygen atoms in total. The highest BCUT2D eigenvalue weighted by molar-refractivity contribution is 5.87. The Bertz CT molecular complexity index is 1110. The summed E-state index contributed by atoms with van der Waals surface area (Å²) in [5, 5.41) is 37.7. The Morgan fingerprint density at radius 3 is 1.66 bits per heavy atom. The van der Waals surface area contributed by atoms with Gasteiger partial charge in [-0.2, -0.15) is 0 Å². The molecule has 0 aliphatic carbocycles. The third-order valence-corrected chi connectivity index (χ3v) is 10.3. The normalized spacial score (nSPS) is 19.6. The second-order valence-corrected chi connectivity index (χ2v) is 15.6. The zero-order chi connectivity index (χ0) is 42.8. The van der Waals surface area contributed by atoms with Gasteiger partial charge >= 0.3 is 11.9 Å². The summed E-state index contributed by atoms with van der Waals surface area (Å²) in [6.45, 7) is 5.47. The number of hydrogen-bond donors (Lipinski definition) is 6. The Kier molecular flexibility index (Phi) is 32.0. The summed E-state index contributed by atoms with van der Waals surface area (Å²) in [5.41, 5.74) is 0. The topological polar surface area (TPSA) is 219 Å². The van der Waals surface area contributed by atoms with Crippen LogP contribution < -0.4 is 16.0 Å². The maximum absolute atomic E-state index is 13.1. The van der Waals surface area contributed by atoms with Crippen LogP contribution in [-0.4, -0.2) is 115 Å². The van der Waals surface area contributed by atoms with E-state index in [1.54, 1.807) is 0 Å². The molecule has 1 rings (SSSR count). The molecule has 1 heterocycles. The Hall–Kier alpha value is -2.85. The van der Waals surface area contributed by atoms with Gasteiger partial charge in [0, 0.05) is 32.7 Å². The van der Waals surface area contributed by atoms with E-state index >= 15 is 0 Å². The minimum atomic E-state index is -1.46. The molecule has 0 radical (unpaired) electrons. The van der Waals surface area contributed by atoms with E-state index in [9.17, 15) is 39.3 Å². The summed E-state index contributed by atoms with van der Waals surface area (Å²) < 4.78 is 22.0. The van der Waals surface area contributed by atoms with E-state index in [0.29, 0.717) is 13.0 Å². The van der Waals surface area contributed by atoms with Gasteiger partial charge in [-0.15, -0.1) is 0 Å². The second kappa shape index (κ2) is 35.0. The van der Waals surface area contributed by atoms with Crippen molar-refractivity contribution in [2.24, 2.45) is 0 Å². The average molecular weight is 830 g/mol. The maximum atomic E-state index is 13.1. The molecular weight excluding hydrogens is 750 g/mol. The van der Waals surface area contributed by atoms with Gasteiger partial charge in [0.25, 0.3) is 0 Å². The van der Waals surface area contributed by atoms with Gasteiger partial charge in [0.05, 0.1) is 26.4 Å². The Balaban J connectivity index is 2.51. The number of carbonyl (C=O) groups is 5. The van der Waals surface area contributed by atoms with Crippen LogP contribution in [0.3, 0.4) is 0 Å². The SMILES string of the molecule is CCCCCCCCCCCCOC(=O)CCC(NC(=O)CCC(=O)NCCO[C@@H]1O[C@H](CO)[C@@H](O)[C@H](O)[C@H]1NC(C)=O)C(=O)OCCCCCCCCCCCC. The van der Waals surface area contributed by atoms with Gasteiger partial charge in [0.2, 0.25) is 17.7 Å². The number of amides is 3. The van der Waals surface area contributed by atoms with Gasteiger partial charge in [0.1, 0.15) is 30.4 Å². The van der Waals surface area contributed by atoms with Crippen LogP contribution in [0.15, 0.2) is 0 Å². The molecule has 1 saturated heterocycles. The summed E-state index contributed by atoms with van der Waals surface area (Å²) in [6.07, 6.45) is 17.3. The first-order valence-corrected chi connectivity index (χ1v) is 22.4. The number of hydrogen-bond acceptors (Lipinski definition) is 12. The van der Waals surface area contributed by atoms with Crippen molar-refractivity contribution in [2.45, 2.75) is 212 Å². The van der Waals surface area contributed by atoms with Crippen molar-refractivity contribution >= 4 is 29.7 Å². The zero-order valence-electron chi connectivity index (χ0n) is 36.0. The lowest BCUT2D eigenvalue weighted by Gasteiger charge is -2.42. The average Bonchev–Trinajstić information content (AvgIpc) is 3.20. The minimum absolute atomic E-state index is 0.00852. The van der Waals surface area contributed by atoms with Crippen molar-refractivity contribution in [3.8, 4) is 0 Å². The smallest absolute Gasteiger partial charge is 0.328 e. The van der Waals surface area contributed by atoms with E-state index in [0.717, 1.165) is 38.5 Å². The van der Waals surface area contributed by atoms with Crippen LogP contribution in [0.2, 0.25) is 0 Å². The van der Waals surface area contributed by atoms with Crippen molar-refractivity contribution in [1.29, 1.82) is 0 Å². The summed E-state index contributed by atoms with van der Waals surface area (Å²) >= 11 is 0. The van der Waals surface area contributed by atoms with Crippen molar-refractivity contribution in [1.82, 2.24) is 16.0 Å². The zero-order valence-corrected chi connectivity index (χ0v) is 36.0. The van der Waals surface area contributed by atoms with E-state index in [1.165, 1.54) is 90.4 Å². The summed E-state index contributed by atoms with van der Waals surface area (Å²) in [5.74, 6) is -2.59. The molecule has 0 spiro atoms. The number of aliphatic hydroxyl groups excluding tert-OH is 3. The molecule has 0 bridgehead atoms. The standard InChI is InChI=1S/C43H79N3O12/c1-4-6-8-10-12-14-16-18-20-22-29-55-38(51)27-24-34(42(54)56-30-23-21-19-17-15-13-11-9-7-5-2)46-37(50)26-25-36(49)44-28-31-57-43-39(45-33(3)48)41(53)40(52)35(32-47)58-43/h34-35,39-41,43,47,52-53H,4-32H2,1-3H3,(H,44,49)(H,45,48)(H,46,50)/t34?,35-,39-,40-,41-,43-/m1/s1. The molecule has 6 N–H and O–H groups in total. The third kappa shape index (κ3) is 26.3. The predicted octanol–water partition coefficient (Wildman–Crippen LogP) is 5.04. The first-order chi connectivity index (χ1) is 28.0. The Labute approximate surface area is 347 Å². The lowest BCUT2D eigenvalue weighted by atomic mass is 9.97. The molecule has 3 amide bonds. The van der Waals surface area contributed by atoms with Crippen LogP contribution in [0.5, 0.6) is 0 Å². The highest BCUT2D eigenvalue weighted by Gasteiger charge is 2.45. The monoisotopic (exact) mass is 830 g/mol. The van der Waals surface area contributed by atoms with E-state index < -0.39 is 73.0 Å². The number of ether oxygens (including phenoxy) is 4. The largest absolute Gasteiger partial charge is 0.466 e. The van der Waals surface area contributed by atoms with Crippen molar-refractivity contribution in [3.63, 3.8) is 0 Å². The first-order valence-electron chi connectivity index (χ1n) is 22.4. The number of unbranched alkanes of at least 4 members (excludes halogenated alkanes) is 18. The highest BCUT2D eigenvalue weighted by Crippen LogP contribution is 2.22. The van der Waals surface area contributed by atoms with Crippen LogP contribution in [0.1, 0.15) is 175 Å². The van der Waals surface area contributed by atoms with Gasteiger partial charge in [-0.05, 0) is 19.3 Å². The molecule has 1 aliphatic rings. The second-order valence-electron chi connectivity index (χ2n) is 15.6. The Morgan fingerprint density at radius 2 is 1.14 bits per heavy atom. The van der Waals surface area contributed by atoms with Crippen LogP contribution >= 0.6 is 0 Å². The molecule has 0 aromatic heterocycles. The lowest BCUT2D eigenvalue weighted by Crippen LogP contribution is -2.64. The molecule has 15 heteroatoms. The predicted molar refractivity (Wildman–Crippen MR) is 220 cm³/mol. The molecule has 0 aromatic rings. The molecule has 338 valence electrons. The maximum Gasteiger partial charge on any atom is 0.328 e. The summed E-state index contributed by atoms with van der Waals surface area (Å²) in [6, 6.07) is -2.18. The fourth-order valence-electron chi connectivity index (χ4n) is 6.78. The van der Waals surface area contributed by atoms with Crippen molar-refractivity contribution < 1.29 is 58.2 Å². The first kappa shape index (κ1) is 53.2. The molecule has 6 atom stereocenters. The van der Waals surface area contributed by atoms with Crippen LogP contribution in [0.25, 0.3) is 0 Å². The minimum Gasteiger partial charge on any atom is -0.466 e. The number of nitrogens with one attached hydrogen (secondary N) is 3. The fraction of sp³-hybridized carbons (Fsp3) is 0.884. The third-order valence-electron chi connectivity index (χ3n) is 10.3. The number of aliphatic hydroxyl groups is 3. The molecule has 0 aromatic carbocycles. The van der Waals surface area contributed by atoms with E-state index in [1.807, 2.05) is 0 Å². The van der Waals surface area contributed by atoms with Gasteiger partial charge in [0.15, 0.2) is 6.29 Å². The summed E-state index contributed by atoms with van der Waals surface area (Å²) in [7, 11) is 0. The van der Waals surface area contributed by atoms with E-state index in [4.69, 9.17) is 18.9 Å². The molecule has 1 aliphatic heterocycles. The van der Waals surface area contributed by atoms with Crippen LogP contribution in [0, 0.1) is 0 Å². The van der Waals surface area contributed by atoms with Gasteiger partial charge in [-0.25, -0.2) is 4.79 Å². The van der Waals surface area contributed by atoms with Crippen LogP contribution in [-0.2, 0) is 42.9 Å². The van der Waals surface area contributed by atoms with Gasteiger partial charge in [-0.1, -0.05) is 129 Å². The number of carbonyl (C=O) groups excluding carboxylic acids is 5. The summed E-state index contributed by atoms with van der Waals surface area (Å²) in [4.78, 5) is 62.6. The van der Waals surface area contributed by atoms with E-state index in [2.05, 4.69) is 29.8 Å². The molecular formula is C43H79N3O12. The Morgan fingerprint density at radius 1 is 0.638 bits per heavy atom.